The molecule has 1 saturated carbocycles. The first-order valence-electron chi connectivity index (χ1n) is 6.64. The third-order valence-electron chi connectivity index (χ3n) is 3.29. The highest BCUT2D eigenvalue weighted by Gasteiger charge is 2.18. The zero-order valence-electron chi connectivity index (χ0n) is 10.5. The van der Waals surface area contributed by atoms with E-state index in [0.717, 1.165) is 24.8 Å². The summed E-state index contributed by atoms with van der Waals surface area (Å²) >= 11 is 0. The Bertz CT molecular complexity index is 151. The summed E-state index contributed by atoms with van der Waals surface area (Å²) in [5.41, 5.74) is 5.59. The van der Waals surface area contributed by atoms with Crippen molar-refractivity contribution in [1.82, 2.24) is 4.90 Å². The highest BCUT2D eigenvalue weighted by Crippen LogP contribution is 2.25. The van der Waals surface area contributed by atoms with Crippen molar-refractivity contribution in [2.75, 3.05) is 26.2 Å². The van der Waals surface area contributed by atoms with Crippen LogP contribution in [0.25, 0.3) is 0 Å². The summed E-state index contributed by atoms with van der Waals surface area (Å²) < 4.78 is 0. The predicted octanol–water partition coefficient (Wildman–Crippen LogP) is 2.48. The minimum absolute atomic E-state index is 0.782. The Morgan fingerprint density at radius 2 is 1.93 bits per heavy atom. The van der Waals surface area contributed by atoms with Crippen molar-refractivity contribution in [2.45, 2.75) is 46.0 Å². The maximum atomic E-state index is 5.59. The molecular weight excluding hydrogens is 184 g/mol. The average Bonchev–Trinajstić information content (AvgIpc) is 2.66. The van der Waals surface area contributed by atoms with Crippen LogP contribution in [-0.2, 0) is 0 Å². The predicted molar refractivity (Wildman–Crippen MR) is 66.9 cm³/mol. The Hall–Kier alpha value is -0.0800. The smallest absolute Gasteiger partial charge is 0.000978 e. The summed E-state index contributed by atoms with van der Waals surface area (Å²) in [6, 6.07) is 0. The molecule has 15 heavy (non-hydrogen) atoms. The van der Waals surface area contributed by atoms with Crippen LogP contribution in [0.15, 0.2) is 0 Å². The first kappa shape index (κ1) is 13.0. The average molecular weight is 212 g/mol. The first-order valence-corrected chi connectivity index (χ1v) is 6.64. The molecule has 2 heteroatoms. The lowest BCUT2D eigenvalue weighted by Crippen LogP contribution is -2.33. The fraction of sp³-hybridized carbons (Fsp3) is 1.00. The lowest BCUT2D eigenvalue weighted by molar-refractivity contribution is 0.208. The van der Waals surface area contributed by atoms with Crippen molar-refractivity contribution in [3.63, 3.8) is 0 Å². The fourth-order valence-electron chi connectivity index (χ4n) is 2.65. The Balaban J connectivity index is 2.26. The van der Waals surface area contributed by atoms with Gasteiger partial charge in [-0.1, -0.05) is 26.7 Å². The van der Waals surface area contributed by atoms with Gasteiger partial charge in [0.25, 0.3) is 0 Å². The molecule has 0 spiro atoms. The van der Waals surface area contributed by atoms with Gasteiger partial charge >= 0.3 is 0 Å². The summed E-state index contributed by atoms with van der Waals surface area (Å²) in [4.78, 5) is 2.63. The Labute approximate surface area is 95.2 Å². The molecule has 0 atom stereocenters. The van der Waals surface area contributed by atoms with Gasteiger partial charge in [0.2, 0.25) is 0 Å². The third-order valence-corrected chi connectivity index (χ3v) is 3.29. The van der Waals surface area contributed by atoms with Gasteiger partial charge in [-0.2, -0.15) is 0 Å². The van der Waals surface area contributed by atoms with Crippen LogP contribution in [0.5, 0.6) is 0 Å². The molecule has 0 radical (unpaired) electrons. The molecular formula is C13H28N2. The molecule has 0 aromatic rings. The topological polar surface area (TPSA) is 29.3 Å². The second-order valence-electron chi connectivity index (χ2n) is 5.45. The maximum Gasteiger partial charge on any atom is 0.000978 e. The Morgan fingerprint density at radius 1 is 1.27 bits per heavy atom. The number of nitrogens with two attached hydrogens (primary N) is 1. The zero-order valence-corrected chi connectivity index (χ0v) is 10.5. The fourth-order valence-corrected chi connectivity index (χ4v) is 2.65. The molecule has 0 bridgehead atoms. The third kappa shape index (κ3) is 5.53. The molecule has 0 aliphatic heterocycles. The van der Waals surface area contributed by atoms with E-state index in [4.69, 9.17) is 5.73 Å². The summed E-state index contributed by atoms with van der Waals surface area (Å²) in [6.45, 7) is 9.22. The van der Waals surface area contributed by atoms with Crippen molar-refractivity contribution >= 4 is 0 Å². The van der Waals surface area contributed by atoms with Crippen LogP contribution in [0.4, 0.5) is 0 Å². The monoisotopic (exact) mass is 212 g/mol. The molecule has 0 saturated heterocycles. The normalized spacial score (nSPS) is 18.2. The van der Waals surface area contributed by atoms with E-state index >= 15 is 0 Å². The van der Waals surface area contributed by atoms with E-state index in [0.29, 0.717) is 0 Å². The van der Waals surface area contributed by atoms with E-state index in [1.54, 1.807) is 0 Å². The summed E-state index contributed by atoms with van der Waals surface area (Å²) in [5, 5.41) is 0. The molecule has 1 fully saturated rings. The summed E-state index contributed by atoms with van der Waals surface area (Å²) in [5.74, 6) is 1.76. The van der Waals surface area contributed by atoms with Crippen molar-refractivity contribution < 1.29 is 0 Å². The molecule has 2 nitrogen and oxygen atoms in total. The van der Waals surface area contributed by atoms with Gasteiger partial charge in [-0.3, -0.25) is 0 Å². The van der Waals surface area contributed by atoms with E-state index < -0.39 is 0 Å². The van der Waals surface area contributed by atoms with Crippen molar-refractivity contribution in [2.24, 2.45) is 17.6 Å². The van der Waals surface area contributed by atoms with Gasteiger partial charge in [0.15, 0.2) is 0 Å². The van der Waals surface area contributed by atoms with E-state index in [2.05, 4.69) is 18.7 Å². The summed E-state index contributed by atoms with van der Waals surface area (Å²) in [6.07, 6.45) is 6.97. The Kier molecular flexibility index (Phi) is 6.26. The largest absolute Gasteiger partial charge is 0.330 e. The standard InChI is InChI=1S/C13H28N2/c1-12(2)10-15(9-5-8-14)11-13-6-3-4-7-13/h12-13H,3-11,14H2,1-2H3. The molecule has 1 rings (SSSR count). The Morgan fingerprint density at radius 3 is 2.47 bits per heavy atom. The number of hydrogen-bond acceptors (Lipinski definition) is 2. The highest BCUT2D eigenvalue weighted by molar-refractivity contribution is 4.72. The SMILES string of the molecule is CC(C)CN(CCCN)CC1CCCC1. The van der Waals surface area contributed by atoms with Crippen molar-refractivity contribution in [1.29, 1.82) is 0 Å². The number of nitrogens with zero attached hydrogens (tertiary/aromatic N) is 1. The van der Waals surface area contributed by atoms with Gasteiger partial charge in [-0.25, -0.2) is 0 Å². The molecule has 0 amide bonds. The van der Waals surface area contributed by atoms with E-state index in [-0.39, 0.29) is 0 Å². The maximum absolute atomic E-state index is 5.59. The second-order valence-corrected chi connectivity index (χ2v) is 5.45. The molecule has 0 aromatic heterocycles. The van der Waals surface area contributed by atoms with Crippen LogP contribution in [0.2, 0.25) is 0 Å². The van der Waals surface area contributed by atoms with Crippen molar-refractivity contribution in [3.05, 3.63) is 0 Å². The molecule has 1 aliphatic carbocycles. The number of rotatable bonds is 7. The van der Waals surface area contributed by atoms with Crippen LogP contribution >= 0.6 is 0 Å². The quantitative estimate of drug-likeness (QED) is 0.702. The molecule has 2 N–H and O–H groups in total. The minimum atomic E-state index is 0.782. The van der Waals surface area contributed by atoms with E-state index in [1.807, 2.05) is 0 Å². The van der Waals surface area contributed by atoms with Crippen molar-refractivity contribution in [3.8, 4) is 0 Å². The molecule has 90 valence electrons. The zero-order chi connectivity index (χ0) is 11.1. The van der Waals surface area contributed by atoms with Crippen LogP contribution in [0.3, 0.4) is 0 Å². The molecule has 0 unspecified atom stereocenters. The van der Waals surface area contributed by atoms with Gasteiger partial charge in [0, 0.05) is 13.1 Å². The minimum Gasteiger partial charge on any atom is -0.330 e. The second kappa shape index (κ2) is 7.24. The lowest BCUT2D eigenvalue weighted by atomic mass is 10.1. The number of hydrogen-bond donors (Lipinski definition) is 1. The first-order chi connectivity index (χ1) is 7.22. The molecule has 0 heterocycles. The van der Waals surface area contributed by atoms with E-state index in [9.17, 15) is 0 Å². The van der Waals surface area contributed by atoms with E-state index in [1.165, 1.54) is 45.3 Å². The highest BCUT2D eigenvalue weighted by atomic mass is 15.1. The van der Waals surface area contributed by atoms with Gasteiger partial charge < -0.3 is 10.6 Å². The molecule has 0 aromatic carbocycles. The van der Waals surface area contributed by atoms with Crippen LogP contribution in [0.1, 0.15) is 46.0 Å². The van der Waals surface area contributed by atoms with Gasteiger partial charge in [-0.05, 0) is 44.2 Å². The van der Waals surface area contributed by atoms with Crippen LogP contribution < -0.4 is 5.73 Å². The van der Waals surface area contributed by atoms with Crippen LogP contribution in [-0.4, -0.2) is 31.1 Å². The summed E-state index contributed by atoms with van der Waals surface area (Å²) in [7, 11) is 0. The molecule has 1 aliphatic rings. The lowest BCUT2D eigenvalue weighted by Gasteiger charge is -2.27. The van der Waals surface area contributed by atoms with Gasteiger partial charge in [-0.15, -0.1) is 0 Å². The van der Waals surface area contributed by atoms with Gasteiger partial charge in [0.05, 0.1) is 0 Å². The van der Waals surface area contributed by atoms with Crippen LogP contribution in [0, 0.1) is 11.8 Å². The van der Waals surface area contributed by atoms with Gasteiger partial charge in [0.1, 0.15) is 0 Å².